The number of nitrogens with zero attached hydrogens (tertiary/aromatic N) is 2. The molecule has 1 aromatic carbocycles. The standard InChI is InChI=1S/C19H25FN2O/c1-21-10-4-8-17(21)18-9-5-11-22(18)19(23)15-12-14(15)13-6-2-3-7-16(13)20/h2-3,6-7,14-15,17-18H,4-5,8-12H2,1H3/t14-,15+,17+,18-/m0/s1. The van der Waals surface area contributed by atoms with Gasteiger partial charge in [0, 0.05) is 24.5 Å². The van der Waals surface area contributed by atoms with Gasteiger partial charge in [-0.25, -0.2) is 4.39 Å². The summed E-state index contributed by atoms with van der Waals surface area (Å²) in [6.07, 6.45) is 5.48. The largest absolute Gasteiger partial charge is 0.338 e. The van der Waals surface area contributed by atoms with Crippen molar-refractivity contribution in [2.45, 2.75) is 50.1 Å². The van der Waals surface area contributed by atoms with Gasteiger partial charge in [-0.1, -0.05) is 18.2 Å². The molecule has 3 aliphatic rings. The molecule has 1 aromatic rings. The second kappa shape index (κ2) is 5.90. The summed E-state index contributed by atoms with van der Waals surface area (Å²) in [5, 5.41) is 0. The molecule has 23 heavy (non-hydrogen) atoms. The molecule has 0 spiro atoms. The first-order valence-corrected chi connectivity index (χ1v) is 8.92. The third kappa shape index (κ3) is 2.67. The molecule has 0 aromatic heterocycles. The van der Waals surface area contributed by atoms with Crippen LogP contribution in [0.3, 0.4) is 0 Å². The van der Waals surface area contributed by atoms with E-state index in [0.29, 0.717) is 12.1 Å². The number of carbonyl (C=O) groups is 1. The van der Waals surface area contributed by atoms with Crippen LogP contribution in [0.4, 0.5) is 4.39 Å². The summed E-state index contributed by atoms with van der Waals surface area (Å²) in [6, 6.07) is 7.80. The number of likely N-dealkylation sites (N-methyl/N-ethyl adjacent to an activating group) is 1. The zero-order chi connectivity index (χ0) is 16.0. The Morgan fingerprint density at radius 1 is 1.13 bits per heavy atom. The Morgan fingerprint density at radius 2 is 1.87 bits per heavy atom. The van der Waals surface area contributed by atoms with E-state index in [1.165, 1.54) is 18.9 Å². The van der Waals surface area contributed by atoms with Crippen LogP contribution in [0.1, 0.15) is 43.6 Å². The van der Waals surface area contributed by atoms with Crippen molar-refractivity contribution in [1.82, 2.24) is 9.80 Å². The van der Waals surface area contributed by atoms with E-state index in [2.05, 4.69) is 16.8 Å². The number of rotatable bonds is 3. The minimum absolute atomic E-state index is 0.000732. The van der Waals surface area contributed by atoms with E-state index in [0.717, 1.165) is 37.9 Å². The molecule has 124 valence electrons. The molecule has 0 N–H and O–H groups in total. The monoisotopic (exact) mass is 316 g/mol. The van der Waals surface area contributed by atoms with Crippen molar-refractivity contribution in [1.29, 1.82) is 0 Å². The highest BCUT2D eigenvalue weighted by Gasteiger charge is 2.49. The molecule has 3 fully saturated rings. The van der Waals surface area contributed by atoms with E-state index in [-0.39, 0.29) is 23.6 Å². The van der Waals surface area contributed by atoms with Gasteiger partial charge in [-0.2, -0.15) is 0 Å². The van der Waals surface area contributed by atoms with Gasteiger partial charge in [0.05, 0.1) is 0 Å². The normalized spacial score (nSPS) is 34.1. The average molecular weight is 316 g/mol. The van der Waals surface area contributed by atoms with Crippen molar-refractivity contribution in [3.63, 3.8) is 0 Å². The zero-order valence-corrected chi connectivity index (χ0v) is 13.7. The van der Waals surface area contributed by atoms with Crippen LogP contribution in [0.2, 0.25) is 0 Å². The second-order valence-corrected chi connectivity index (χ2v) is 7.40. The van der Waals surface area contributed by atoms with Crippen LogP contribution in [-0.2, 0) is 4.79 Å². The van der Waals surface area contributed by atoms with Gasteiger partial charge in [0.25, 0.3) is 0 Å². The van der Waals surface area contributed by atoms with Crippen LogP contribution in [-0.4, -0.2) is 47.9 Å². The Bertz CT molecular complexity index is 605. The first kappa shape index (κ1) is 15.1. The van der Waals surface area contributed by atoms with Gasteiger partial charge in [-0.05, 0) is 63.2 Å². The molecule has 4 heteroatoms. The highest BCUT2D eigenvalue weighted by atomic mass is 19.1. The van der Waals surface area contributed by atoms with Gasteiger partial charge in [0.1, 0.15) is 5.82 Å². The van der Waals surface area contributed by atoms with E-state index in [9.17, 15) is 9.18 Å². The molecule has 1 amide bonds. The smallest absolute Gasteiger partial charge is 0.226 e. The van der Waals surface area contributed by atoms with E-state index in [1.54, 1.807) is 6.07 Å². The van der Waals surface area contributed by atoms with Gasteiger partial charge in [-0.3, -0.25) is 4.79 Å². The van der Waals surface area contributed by atoms with Crippen LogP contribution in [0.25, 0.3) is 0 Å². The van der Waals surface area contributed by atoms with E-state index >= 15 is 0 Å². The number of hydrogen-bond donors (Lipinski definition) is 0. The van der Waals surface area contributed by atoms with Crippen molar-refractivity contribution in [3.05, 3.63) is 35.6 Å². The number of hydrogen-bond acceptors (Lipinski definition) is 2. The third-order valence-corrected chi connectivity index (χ3v) is 6.02. The maximum absolute atomic E-state index is 13.9. The lowest BCUT2D eigenvalue weighted by Crippen LogP contribution is -2.47. The van der Waals surface area contributed by atoms with Gasteiger partial charge in [0.15, 0.2) is 0 Å². The van der Waals surface area contributed by atoms with Gasteiger partial charge in [0.2, 0.25) is 5.91 Å². The first-order chi connectivity index (χ1) is 11.2. The lowest BCUT2D eigenvalue weighted by Gasteiger charge is -2.33. The summed E-state index contributed by atoms with van der Waals surface area (Å²) < 4.78 is 13.9. The summed E-state index contributed by atoms with van der Waals surface area (Å²) in [7, 11) is 2.18. The maximum atomic E-state index is 13.9. The summed E-state index contributed by atoms with van der Waals surface area (Å²) in [5.41, 5.74) is 0.722. The van der Waals surface area contributed by atoms with Crippen LogP contribution >= 0.6 is 0 Å². The van der Waals surface area contributed by atoms with Crippen molar-refractivity contribution < 1.29 is 9.18 Å². The molecule has 3 nitrogen and oxygen atoms in total. The SMILES string of the molecule is CN1CCC[C@@H]1[C@@H]1CCCN1C(=O)[C@@H]1C[C@H]1c1ccccc1F. The van der Waals surface area contributed by atoms with Crippen molar-refractivity contribution in [2.24, 2.45) is 5.92 Å². The lowest BCUT2D eigenvalue weighted by molar-refractivity contribution is -0.134. The van der Waals surface area contributed by atoms with Crippen molar-refractivity contribution in [2.75, 3.05) is 20.1 Å². The fourth-order valence-corrected chi connectivity index (χ4v) is 4.69. The van der Waals surface area contributed by atoms with Gasteiger partial charge in [-0.15, -0.1) is 0 Å². The molecule has 0 unspecified atom stereocenters. The Hall–Kier alpha value is -1.42. The van der Waals surface area contributed by atoms with Crippen molar-refractivity contribution >= 4 is 5.91 Å². The predicted octanol–water partition coefficient (Wildman–Crippen LogP) is 3.01. The number of benzene rings is 1. The Labute approximate surface area is 137 Å². The van der Waals surface area contributed by atoms with Crippen LogP contribution in [0, 0.1) is 11.7 Å². The second-order valence-electron chi connectivity index (χ2n) is 7.40. The van der Waals surface area contributed by atoms with E-state index < -0.39 is 0 Å². The molecule has 1 aliphatic carbocycles. The topological polar surface area (TPSA) is 23.6 Å². The molecule has 1 saturated carbocycles. The third-order valence-electron chi connectivity index (χ3n) is 6.02. The molecule has 2 aliphatic heterocycles. The highest BCUT2D eigenvalue weighted by molar-refractivity contribution is 5.83. The summed E-state index contributed by atoms with van der Waals surface area (Å²) >= 11 is 0. The summed E-state index contributed by atoms with van der Waals surface area (Å²) in [4.78, 5) is 17.5. The Kier molecular flexibility index (Phi) is 3.88. The Morgan fingerprint density at radius 3 is 2.61 bits per heavy atom. The molecular formula is C19H25FN2O. The number of carbonyl (C=O) groups excluding carboxylic acids is 1. The number of amides is 1. The van der Waals surface area contributed by atoms with E-state index in [4.69, 9.17) is 0 Å². The Balaban J connectivity index is 1.46. The first-order valence-electron chi connectivity index (χ1n) is 8.92. The van der Waals surface area contributed by atoms with Crippen LogP contribution in [0.5, 0.6) is 0 Å². The van der Waals surface area contributed by atoms with Crippen molar-refractivity contribution in [3.8, 4) is 0 Å². The fraction of sp³-hybridized carbons (Fsp3) is 0.632. The fourth-order valence-electron chi connectivity index (χ4n) is 4.69. The zero-order valence-electron chi connectivity index (χ0n) is 13.7. The highest BCUT2D eigenvalue weighted by Crippen LogP contribution is 2.50. The molecule has 0 bridgehead atoms. The predicted molar refractivity (Wildman–Crippen MR) is 87.6 cm³/mol. The molecule has 4 rings (SSSR count). The average Bonchev–Trinajstić information content (AvgIpc) is 2.97. The summed E-state index contributed by atoms with van der Waals surface area (Å²) in [5.74, 6) is 0.188. The molecule has 0 radical (unpaired) electrons. The van der Waals surface area contributed by atoms with Crippen LogP contribution < -0.4 is 0 Å². The summed E-state index contributed by atoms with van der Waals surface area (Å²) in [6.45, 7) is 2.03. The van der Waals surface area contributed by atoms with Gasteiger partial charge < -0.3 is 9.80 Å². The van der Waals surface area contributed by atoms with E-state index in [1.807, 2.05) is 12.1 Å². The molecule has 2 saturated heterocycles. The molecule has 4 atom stereocenters. The maximum Gasteiger partial charge on any atom is 0.226 e. The quantitative estimate of drug-likeness (QED) is 0.856. The molecule has 2 heterocycles. The minimum Gasteiger partial charge on any atom is -0.338 e. The minimum atomic E-state index is -0.165. The van der Waals surface area contributed by atoms with Gasteiger partial charge >= 0.3 is 0 Å². The number of likely N-dealkylation sites (tertiary alicyclic amines) is 2. The number of halogens is 1. The molecular weight excluding hydrogens is 291 g/mol. The van der Waals surface area contributed by atoms with Crippen LogP contribution in [0.15, 0.2) is 24.3 Å². The lowest BCUT2D eigenvalue weighted by atomic mass is 10.0.